The Labute approximate surface area is 152 Å². The molecule has 1 heterocycles. The molecule has 1 aliphatic heterocycles. The first-order valence-electron chi connectivity index (χ1n) is 8.36. The molecule has 25 heavy (non-hydrogen) atoms. The van der Waals surface area contributed by atoms with Crippen molar-refractivity contribution in [1.82, 2.24) is 10.2 Å². The summed E-state index contributed by atoms with van der Waals surface area (Å²) in [6.07, 6.45) is 1.26. The highest BCUT2D eigenvalue weighted by Crippen LogP contribution is 2.20. The Morgan fingerprint density at radius 1 is 1.28 bits per heavy atom. The molecule has 1 aromatic carbocycles. The van der Waals surface area contributed by atoms with E-state index in [9.17, 15) is 14.0 Å². The zero-order valence-electron chi connectivity index (χ0n) is 14.8. The molecule has 138 valence electrons. The fourth-order valence-corrected chi connectivity index (χ4v) is 2.89. The number of nitrogens with zero attached hydrogens (tertiary/aromatic N) is 1. The first-order valence-corrected chi connectivity index (χ1v) is 8.74. The van der Waals surface area contributed by atoms with Gasteiger partial charge in [0, 0.05) is 30.2 Å². The summed E-state index contributed by atoms with van der Waals surface area (Å²) in [5.41, 5.74) is -0.301. The van der Waals surface area contributed by atoms with E-state index in [2.05, 4.69) is 5.32 Å². The van der Waals surface area contributed by atoms with Crippen LogP contribution in [0.5, 0.6) is 0 Å². The second-order valence-electron chi connectivity index (χ2n) is 7.28. The minimum Gasteiger partial charge on any atom is -0.444 e. The van der Waals surface area contributed by atoms with Gasteiger partial charge in [0.15, 0.2) is 0 Å². The highest BCUT2D eigenvalue weighted by molar-refractivity contribution is 6.31. The van der Waals surface area contributed by atoms with E-state index in [1.54, 1.807) is 4.90 Å². The summed E-state index contributed by atoms with van der Waals surface area (Å²) in [6, 6.07) is 3.75. The van der Waals surface area contributed by atoms with Crippen molar-refractivity contribution in [2.45, 2.75) is 39.2 Å². The normalized spacial score (nSPS) is 15.8. The van der Waals surface area contributed by atoms with E-state index in [-0.39, 0.29) is 28.5 Å². The summed E-state index contributed by atoms with van der Waals surface area (Å²) in [6.45, 7) is 7.20. The van der Waals surface area contributed by atoms with Gasteiger partial charge in [-0.05, 0) is 57.7 Å². The zero-order valence-corrected chi connectivity index (χ0v) is 15.5. The van der Waals surface area contributed by atoms with E-state index < -0.39 is 11.4 Å². The maximum Gasteiger partial charge on any atom is 0.410 e. The average Bonchev–Trinajstić information content (AvgIpc) is 2.50. The molecule has 1 saturated heterocycles. The van der Waals surface area contributed by atoms with Gasteiger partial charge in [-0.15, -0.1) is 0 Å². The molecule has 0 unspecified atom stereocenters. The lowest BCUT2D eigenvalue weighted by Crippen LogP contribution is -2.43. The highest BCUT2D eigenvalue weighted by atomic mass is 35.5. The average molecular weight is 371 g/mol. The first kappa shape index (κ1) is 19.5. The first-order chi connectivity index (χ1) is 11.6. The molecule has 0 spiro atoms. The molecule has 5 nitrogen and oxygen atoms in total. The van der Waals surface area contributed by atoms with Crippen LogP contribution in [0.4, 0.5) is 9.18 Å². The summed E-state index contributed by atoms with van der Waals surface area (Å²) in [4.78, 5) is 25.8. The lowest BCUT2D eigenvalue weighted by Gasteiger charge is -2.33. The summed E-state index contributed by atoms with van der Waals surface area (Å²) in [7, 11) is 0. The molecular formula is C18H24ClFN2O3. The van der Waals surface area contributed by atoms with E-state index in [0.29, 0.717) is 19.6 Å². The fourth-order valence-electron chi connectivity index (χ4n) is 2.67. The van der Waals surface area contributed by atoms with E-state index in [1.165, 1.54) is 6.07 Å². The van der Waals surface area contributed by atoms with Crippen molar-refractivity contribution in [3.05, 3.63) is 34.6 Å². The van der Waals surface area contributed by atoms with E-state index >= 15 is 0 Å². The van der Waals surface area contributed by atoms with Gasteiger partial charge in [0.25, 0.3) is 5.91 Å². The van der Waals surface area contributed by atoms with Gasteiger partial charge in [-0.1, -0.05) is 11.6 Å². The van der Waals surface area contributed by atoms with Crippen molar-refractivity contribution < 1.29 is 18.7 Å². The van der Waals surface area contributed by atoms with Crippen LogP contribution in [-0.2, 0) is 4.74 Å². The molecule has 7 heteroatoms. The van der Waals surface area contributed by atoms with Crippen LogP contribution in [0.1, 0.15) is 44.0 Å². The number of ether oxygens (including phenoxy) is 1. The molecule has 0 radical (unpaired) electrons. The van der Waals surface area contributed by atoms with Gasteiger partial charge in [-0.2, -0.15) is 0 Å². The summed E-state index contributed by atoms with van der Waals surface area (Å²) >= 11 is 5.77. The Hall–Kier alpha value is -1.82. The predicted octanol–water partition coefficient (Wildman–Crippen LogP) is 3.86. The monoisotopic (exact) mass is 370 g/mol. The summed E-state index contributed by atoms with van der Waals surface area (Å²) in [5.74, 6) is -0.619. The second kappa shape index (κ2) is 8.04. The number of amides is 2. The molecule has 0 bridgehead atoms. The number of halogens is 2. The van der Waals surface area contributed by atoms with Crippen molar-refractivity contribution >= 4 is 23.6 Å². The largest absolute Gasteiger partial charge is 0.444 e. The topological polar surface area (TPSA) is 58.6 Å². The lowest BCUT2D eigenvalue weighted by molar-refractivity contribution is 0.0183. The van der Waals surface area contributed by atoms with Crippen LogP contribution in [0.15, 0.2) is 18.2 Å². The van der Waals surface area contributed by atoms with Crippen molar-refractivity contribution in [1.29, 1.82) is 0 Å². The lowest BCUT2D eigenvalue weighted by atomic mass is 9.97. The number of rotatable bonds is 3. The van der Waals surface area contributed by atoms with Crippen molar-refractivity contribution in [3.8, 4) is 0 Å². The molecule has 0 atom stereocenters. The third-order valence-electron chi connectivity index (χ3n) is 3.94. The third kappa shape index (κ3) is 6.20. The van der Waals surface area contributed by atoms with Gasteiger partial charge < -0.3 is 15.0 Å². The van der Waals surface area contributed by atoms with Crippen molar-refractivity contribution in [2.75, 3.05) is 19.6 Å². The Morgan fingerprint density at radius 2 is 1.92 bits per heavy atom. The maximum absolute atomic E-state index is 13.3. The quantitative estimate of drug-likeness (QED) is 0.879. The highest BCUT2D eigenvalue weighted by Gasteiger charge is 2.27. The van der Waals surface area contributed by atoms with Crippen molar-refractivity contribution in [2.24, 2.45) is 5.92 Å². The number of carbonyl (C=O) groups is 2. The third-order valence-corrected chi connectivity index (χ3v) is 4.16. The standard InChI is InChI=1S/C18H24ClFN2O3/c1-18(2,3)25-17(24)22-6-4-12(5-7-22)11-21-16(23)13-8-14(19)10-15(20)9-13/h8-10,12H,4-7,11H2,1-3H3,(H,21,23). The van der Waals surface area contributed by atoms with Crippen molar-refractivity contribution in [3.63, 3.8) is 0 Å². The molecule has 1 N–H and O–H groups in total. The second-order valence-corrected chi connectivity index (χ2v) is 7.72. The minimum absolute atomic E-state index is 0.191. The van der Waals surface area contributed by atoms with Crippen LogP contribution < -0.4 is 5.32 Å². The Kier molecular flexibility index (Phi) is 6.27. The Bertz CT molecular complexity index is 617. The van der Waals surface area contributed by atoms with Gasteiger partial charge in [0.1, 0.15) is 11.4 Å². The fraction of sp³-hybridized carbons (Fsp3) is 0.556. The number of likely N-dealkylation sites (tertiary alicyclic amines) is 1. The SMILES string of the molecule is CC(C)(C)OC(=O)N1CCC(CNC(=O)c2cc(F)cc(Cl)c2)CC1. The van der Waals surface area contributed by atoms with Gasteiger partial charge in [0.2, 0.25) is 0 Å². The molecular weight excluding hydrogens is 347 g/mol. The number of hydrogen-bond donors (Lipinski definition) is 1. The van der Waals surface area contributed by atoms with E-state index in [0.717, 1.165) is 25.0 Å². The van der Waals surface area contributed by atoms with Gasteiger partial charge >= 0.3 is 6.09 Å². The van der Waals surface area contributed by atoms with Crippen LogP contribution in [0.3, 0.4) is 0 Å². The molecule has 2 rings (SSSR count). The van der Waals surface area contributed by atoms with E-state index in [4.69, 9.17) is 16.3 Å². The van der Waals surface area contributed by atoms with Crippen LogP contribution in [0.25, 0.3) is 0 Å². The van der Waals surface area contributed by atoms with E-state index in [1.807, 2.05) is 20.8 Å². The minimum atomic E-state index is -0.539. The molecule has 2 amide bonds. The number of benzene rings is 1. The number of piperidine rings is 1. The van der Waals surface area contributed by atoms with Crippen LogP contribution in [0.2, 0.25) is 5.02 Å². The number of carbonyl (C=O) groups excluding carboxylic acids is 2. The van der Waals surface area contributed by atoms with Gasteiger partial charge in [-0.3, -0.25) is 4.79 Å². The molecule has 1 aliphatic rings. The Morgan fingerprint density at radius 3 is 2.48 bits per heavy atom. The molecule has 0 saturated carbocycles. The molecule has 0 aromatic heterocycles. The smallest absolute Gasteiger partial charge is 0.410 e. The molecule has 0 aliphatic carbocycles. The molecule has 1 fully saturated rings. The number of hydrogen-bond acceptors (Lipinski definition) is 3. The summed E-state index contributed by atoms with van der Waals surface area (Å²) in [5, 5.41) is 3.00. The summed E-state index contributed by atoms with van der Waals surface area (Å²) < 4.78 is 18.7. The molecule has 1 aromatic rings. The zero-order chi connectivity index (χ0) is 18.6. The van der Waals surface area contributed by atoms with Gasteiger partial charge in [0.05, 0.1) is 0 Å². The maximum atomic E-state index is 13.3. The number of nitrogens with one attached hydrogen (secondary N) is 1. The Balaban J connectivity index is 1.78. The van der Waals surface area contributed by atoms with Crippen LogP contribution >= 0.6 is 11.6 Å². The van der Waals surface area contributed by atoms with Crippen LogP contribution in [0, 0.1) is 11.7 Å². The van der Waals surface area contributed by atoms with Crippen LogP contribution in [-0.4, -0.2) is 42.1 Å². The predicted molar refractivity (Wildman–Crippen MR) is 94.3 cm³/mol. The van der Waals surface area contributed by atoms with Gasteiger partial charge in [-0.25, -0.2) is 9.18 Å².